The lowest BCUT2D eigenvalue weighted by molar-refractivity contribution is 0.102. The van der Waals surface area contributed by atoms with Gasteiger partial charge in [-0.3, -0.25) is 4.79 Å². The summed E-state index contributed by atoms with van der Waals surface area (Å²) in [6.45, 7) is 3.22. The molecule has 5 nitrogen and oxygen atoms in total. The molecule has 3 aromatic rings. The van der Waals surface area contributed by atoms with Gasteiger partial charge in [0.05, 0.1) is 24.2 Å². The number of amides is 1. The van der Waals surface area contributed by atoms with Crippen LogP contribution in [0.25, 0.3) is 0 Å². The molecular formula is C22H23N3O2. The summed E-state index contributed by atoms with van der Waals surface area (Å²) in [5.41, 5.74) is 3.16. The predicted octanol–water partition coefficient (Wildman–Crippen LogP) is 4.37. The molecule has 0 fully saturated rings. The molecule has 0 atom stereocenters. The fraction of sp³-hybridized carbons (Fsp3) is 0.182. The number of hydrogen-bond donors (Lipinski definition) is 1. The van der Waals surface area contributed by atoms with Crippen molar-refractivity contribution >= 4 is 17.3 Å². The molecule has 5 heteroatoms. The number of nitrogens with one attached hydrogen (secondary N) is 1. The highest BCUT2D eigenvalue weighted by atomic mass is 16.5. The van der Waals surface area contributed by atoms with Crippen LogP contribution in [0.4, 0.5) is 11.4 Å². The standard InChI is InChI=1S/C22H23N3O2/c1-3-27-21-12-8-7-11-19(21)24-22(26)20-14-13-18(15-23-20)25(2)16-17-9-5-4-6-10-17/h4-15H,3,16H2,1-2H3,(H,24,26). The molecule has 1 heterocycles. The maximum Gasteiger partial charge on any atom is 0.274 e. The summed E-state index contributed by atoms with van der Waals surface area (Å²) in [5, 5.41) is 2.86. The number of carbonyl (C=O) groups is 1. The topological polar surface area (TPSA) is 54.5 Å². The quantitative estimate of drug-likeness (QED) is 0.679. The van der Waals surface area contributed by atoms with Gasteiger partial charge in [-0.2, -0.15) is 0 Å². The molecule has 0 saturated heterocycles. The highest BCUT2D eigenvalue weighted by Crippen LogP contribution is 2.24. The first kappa shape index (κ1) is 18.5. The van der Waals surface area contributed by atoms with Crippen molar-refractivity contribution in [2.24, 2.45) is 0 Å². The summed E-state index contributed by atoms with van der Waals surface area (Å²) in [7, 11) is 2.00. The van der Waals surface area contributed by atoms with Crippen molar-refractivity contribution < 1.29 is 9.53 Å². The van der Waals surface area contributed by atoms with Crippen LogP contribution in [0.3, 0.4) is 0 Å². The van der Waals surface area contributed by atoms with Crippen molar-refractivity contribution in [1.82, 2.24) is 4.98 Å². The number of para-hydroxylation sites is 2. The van der Waals surface area contributed by atoms with Gasteiger partial charge in [0, 0.05) is 13.6 Å². The van der Waals surface area contributed by atoms with Crippen LogP contribution in [0.5, 0.6) is 5.75 Å². The Kier molecular flexibility index (Phi) is 6.05. The summed E-state index contributed by atoms with van der Waals surface area (Å²) in [6, 6.07) is 21.2. The summed E-state index contributed by atoms with van der Waals surface area (Å²) >= 11 is 0. The number of anilines is 2. The molecule has 1 amide bonds. The maximum absolute atomic E-state index is 12.5. The van der Waals surface area contributed by atoms with E-state index in [0.717, 1.165) is 12.2 Å². The average molecular weight is 361 g/mol. The fourth-order valence-electron chi connectivity index (χ4n) is 2.73. The van der Waals surface area contributed by atoms with Crippen LogP contribution in [0.1, 0.15) is 23.0 Å². The molecule has 3 rings (SSSR count). The summed E-state index contributed by atoms with van der Waals surface area (Å²) in [5.74, 6) is 0.381. The van der Waals surface area contributed by atoms with Gasteiger partial charge in [-0.1, -0.05) is 42.5 Å². The number of carbonyl (C=O) groups excluding carboxylic acids is 1. The second-order valence-corrected chi connectivity index (χ2v) is 6.13. The first-order valence-corrected chi connectivity index (χ1v) is 8.91. The van der Waals surface area contributed by atoms with Gasteiger partial charge < -0.3 is 15.0 Å². The third-order valence-electron chi connectivity index (χ3n) is 4.12. The minimum absolute atomic E-state index is 0.264. The van der Waals surface area contributed by atoms with E-state index in [-0.39, 0.29) is 5.91 Å². The van der Waals surface area contributed by atoms with Gasteiger partial charge >= 0.3 is 0 Å². The van der Waals surface area contributed by atoms with Crippen molar-refractivity contribution in [3.05, 3.63) is 84.2 Å². The molecule has 1 N–H and O–H groups in total. The fourth-order valence-corrected chi connectivity index (χ4v) is 2.73. The minimum Gasteiger partial charge on any atom is -0.492 e. The van der Waals surface area contributed by atoms with E-state index in [1.54, 1.807) is 12.3 Å². The molecule has 138 valence electrons. The predicted molar refractivity (Wildman–Crippen MR) is 108 cm³/mol. The zero-order valence-corrected chi connectivity index (χ0v) is 15.6. The third kappa shape index (κ3) is 4.85. The zero-order chi connectivity index (χ0) is 19.1. The normalized spacial score (nSPS) is 10.3. The van der Waals surface area contributed by atoms with E-state index in [9.17, 15) is 4.79 Å². The van der Waals surface area contributed by atoms with Crippen LogP contribution in [0.15, 0.2) is 72.9 Å². The number of benzene rings is 2. The molecule has 0 unspecified atom stereocenters. The number of ether oxygens (including phenoxy) is 1. The van der Waals surface area contributed by atoms with Crippen LogP contribution in [-0.2, 0) is 6.54 Å². The van der Waals surface area contributed by atoms with Gasteiger partial charge in [-0.25, -0.2) is 4.98 Å². The van der Waals surface area contributed by atoms with Crippen molar-refractivity contribution in [3.8, 4) is 5.75 Å². The SMILES string of the molecule is CCOc1ccccc1NC(=O)c1ccc(N(C)Cc2ccccc2)cn1. The Morgan fingerprint density at radius 3 is 2.48 bits per heavy atom. The summed E-state index contributed by atoms with van der Waals surface area (Å²) < 4.78 is 5.54. The van der Waals surface area contributed by atoms with E-state index in [2.05, 4.69) is 27.3 Å². The summed E-state index contributed by atoms with van der Waals surface area (Å²) in [4.78, 5) is 18.9. The van der Waals surface area contributed by atoms with Gasteiger partial charge in [0.2, 0.25) is 0 Å². The molecule has 0 radical (unpaired) electrons. The highest BCUT2D eigenvalue weighted by molar-refractivity contribution is 6.03. The maximum atomic E-state index is 12.5. The van der Waals surface area contributed by atoms with Gasteiger partial charge in [0.15, 0.2) is 0 Å². The molecule has 0 aliphatic rings. The van der Waals surface area contributed by atoms with Crippen LogP contribution >= 0.6 is 0 Å². The first-order valence-electron chi connectivity index (χ1n) is 8.91. The highest BCUT2D eigenvalue weighted by Gasteiger charge is 2.11. The minimum atomic E-state index is -0.264. The Morgan fingerprint density at radius 2 is 1.78 bits per heavy atom. The zero-order valence-electron chi connectivity index (χ0n) is 15.6. The third-order valence-corrected chi connectivity index (χ3v) is 4.12. The van der Waals surface area contributed by atoms with E-state index in [4.69, 9.17) is 4.74 Å². The Morgan fingerprint density at radius 1 is 1.04 bits per heavy atom. The molecule has 0 saturated carbocycles. The average Bonchev–Trinajstić information content (AvgIpc) is 2.70. The van der Waals surface area contributed by atoms with Crippen molar-refractivity contribution in [2.45, 2.75) is 13.5 Å². The van der Waals surface area contributed by atoms with E-state index in [0.29, 0.717) is 23.7 Å². The second-order valence-electron chi connectivity index (χ2n) is 6.13. The summed E-state index contributed by atoms with van der Waals surface area (Å²) in [6.07, 6.45) is 1.71. The lowest BCUT2D eigenvalue weighted by Gasteiger charge is -2.19. The molecule has 0 bridgehead atoms. The van der Waals surface area contributed by atoms with Crippen molar-refractivity contribution in [2.75, 3.05) is 23.9 Å². The molecule has 1 aromatic heterocycles. The smallest absolute Gasteiger partial charge is 0.274 e. The molecule has 0 spiro atoms. The first-order chi connectivity index (χ1) is 13.2. The molecule has 0 aliphatic heterocycles. The van der Waals surface area contributed by atoms with Crippen molar-refractivity contribution in [3.63, 3.8) is 0 Å². The van der Waals surface area contributed by atoms with E-state index >= 15 is 0 Å². The number of nitrogens with zero attached hydrogens (tertiary/aromatic N) is 2. The van der Waals surface area contributed by atoms with Crippen LogP contribution in [0.2, 0.25) is 0 Å². The number of pyridine rings is 1. The van der Waals surface area contributed by atoms with E-state index in [1.165, 1.54) is 5.56 Å². The Hall–Kier alpha value is -3.34. The lowest BCUT2D eigenvalue weighted by atomic mass is 10.2. The Labute approximate surface area is 159 Å². The monoisotopic (exact) mass is 361 g/mol. The van der Waals surface area contributed by atoms with E-state index in [1.807, 2.05) is 62.5 Å². The van der Waals surface area contributed by atoms with Gasteiger partial charge in [-0.15, -0.1) is 0 Å². The van der Waals surface area contributed by atoms with E-state index < -0.39 is 0 Å². The van der Waals surface area contributed by atoms with Gasteiger partial charge in [0.25, 0.3) is 5.91 Å². The second kappa shape index (κ2) is 8.85. The number of rotatable bonds is 7. The molecule has 0 aliphatic carbocycles. The Balaban J connectivity index is 1.67. The van der Waals surface area contributed by atoms with Crippen LogP contribution < -0.4 is 15.0 Å². The number of hydrogen-bond acceptors (Lipinski definition) is 4. The molecular weight excluding hydrogens is 338 g/mol. The Bertz CT molecular complexity index is 880. The molecule has 27 heavy (non-hydrogen) atoms. The van der Waals surface area contributed by atoms with Crippen LogP contribution in [0, 0.1) is 0 Å². The molecule has 2 aromatic carbocycles. The largest absolute Gasteiger partial charge is 0.492 e. The van der Waals surface area contributed by atoms with Crippen LogP contribution in [-0.4, -0.2) is 24.5 Å². The van der Waals surface area contributed by atoms with Gasteiger partial charge in [0.1, 0.15) is 11.4 Å². The number of aromatic nitrogens is 1. The van der Waals surface area contributed by atoms with Crippen molar-refractivity contribution in [1.29, 1.82) is 0 Å². The lowest BCUT2D eigenvalue weighted by Crippen LogP contribution is -2.18. The van der Waals surface area contributed by atoms with Gasteiger partial charge in [-0.05, 0) is 36.8 Å².